The minimum absolute atomic E-state index is 0.133. The van der Waals surface area contributed by atoms with Crippen LogP contribution in [0.2, 0.25) is 10.0 Å². The number of furan rings is 1. The van der Waals surface area contributed by atoms with Gasteiger partial charge in [0.2, 0.25) is 0 Å². The van der Waals surface area contributed by atoms with E-state index in [1.807, 2.05) is 0 Å². The molecule has 0 spiro atoms. The zero-order valence-electron chi connectivity index (χ0n) is 17.7. The average Bonchev–Trinajstić information content (AvgIpc) is 3.42. The molecule has 0 bridgehead atoms. The molecule has 0 radical (unpaired) electrons. The fraction of sp³-hybridized carbons (Fsp3) is 0.167. The van der Waals surface area contributed by atoms with Crippen molar-refractivity contribution in [3.05, 3.63) is 81.7 Å². The van der Waals surface area contributed by atoms with Gasteiger partial charge in [-0.05, 0) is 55.5 Å². The molecular weight excluding hydrogens is 469 g/mol. The molecule has 2 heterocycles. The summed E-state index contributed by atoms with van der Waals surface area (Å²) in [7, 11) is 1.47. The van der Waals surface area contributed by atoms with E-state index in [0.717, 1.165) is 0 Å². The highest BCUT2D eigenvalue weighted by Gasteiger charge is 2.48. The number of hydrogen-bond donors (Lipinski definition) is 1. The van der Waals surface area contributed by atoms with Gasteiger partial charge in [0, 0.05) is 11.3 Å². The van der Waals surface area contributed by atoms with Crippen molar-refractivity contribution < 1.29 is 28.6 Å². The first-order valence-corrected chi connectivity index (χ1v) is 10.7. The molecule has 1 unspecified atom stereocenters. The maximum Gasteiger partial charge on any atom is 0.300 e. The lowest BCUT2D eigenvalue weighted by Crippen LogP contribution is -2.29. The number of anilines is 1. The van der Waals surface area contributed by atoms with Crippen molar-refractivity contribution >= 4 is 46.3 Å². The lowest BCUT2D eigenvalue weighted by Gasteiger charge is -2.24. The van der Waals surface area contributed by atoms with Crippen molar-refractivity contribution in [3.63, 3.8) is 0 Å². The molecular formula is C24H19Cl2NO6. The van der Waals surface area contributed by atoms with Crippen LogP contribution in [0.5, 0.6) is 11.5 Å². The number of carbonyl (C=O) groups is 2. The van der Waals surface area contributed by atoms with Crippen LogP contribution >= 0.6 is 23.2 Å². The standard InChI is InChI=1S/C24H19Cl2NO6/c1-3-32-19-11-13(6-8-15(19)25)22(28)20-21(18-5-4-10-33-18)27(24(30)23(20)29)14-7-9-17(31-2)16(26)12-14/h4-12,21,28H,3H2,1-2H3/b22-20-. The van der Waals surface area contributed by atoms with Crippen molar-refractivity contribution in [2.24, 2.45) is 0 Å². The van der Waals surface area contributed by atoms with Crippen molar-refractivity contribution in [1.29, 1.82) is 0 Å². The summed E-state index contributed by atoms with van der Waals surface area (Å²) >= 11 is 12.4. The van der Waals surface area contributed by atoms with Gasteiger partial charge >= 0.3 is 0 Å². The molecule has 3 aromatic rings. The van der Waals surface area contributed by atoms with Gasteiger partial charge in [0.15, 0.2) is 0 Å². The number of ether oxygens (including phenoxy) is 2. The third kappa shape index (κ3) is 4.05. The maximum atomic E-state index is 13.1. The number of Topliss-reactive ketones (excluding diaryl/α,β-unsaturated/α-hetero) is 1. The number of nitrogens with zero attached hydrogens (tertiary/aromatic N) is 1. The molecule has 7 nitrogen and oxygen atoms in total. The maximum absolute atomic E-state index is 13.1. The van der Waals surface area contributed by atoms with Crippen LogP contribution in [0.1, 0.15) is 24.3 Å². The van der Waals surface area contributed by atoms with Gasteiger partial charge in [-0.25, -0.2) is 0 Å². The molecule has 4 rings (SSSR count). The Hall–Kier alpha value is -3.42. The molecule has 1 aliphatic rings. The molecule has 1 N–H and O–H groups in total. The van der Waals surface area contributed by atoms with E-state index in [0.29, 0.717) is 34.6 Å². The van der Waals surface area contributed by atoms with Gasteiger partial charge in [0.1, 0.15) is 29.1 Å². The lowest BCUT2D eigenvalue weighted by atomic mass is 9.99. The zero-order valence-corrected chi connectivity index (χ0v) is 19.2. The molecule has 9 heteroatoms. The van der Waals surface area contributed by atoms with E-state index in [9.17, 15) is 14.7 Å². The van der Waals surface area contributed by atoms with E-state index in [-0.39, 0.29) is 21.9 Å². The minimum Gasteiger partial charge on any atom is -0.507 e. The highest BCUT2D eigenvalue weighted by Crippen LogP contribution is 2.44. The van der Waals surface area contributed by atoms with Gasteiger partial charge in [0.25, 0.3) is 11.7 Å². The quantitative estimate of drug-likeness (QED) is 0.275. The van der Waals surface area contributed by atoms with Crippen LogP contribution in [0.4, 0.5) is 5.69 Å². The summed E-state index contributed by atoms with van der Waals surface area (Å²) in [6, 6.07) is 11.5. The second kappa shape index (κ2) is 9.21. The second-order valence-corrected chi connectivity index (χ2v) is 7.90. The van der Waals surface area contributed by atoms with Crippen LogP contribution in [0.3, 0.4) is 0 Å². The molecule has 0 saturated carbocycles. The molecule has 1 saturated heterocycles. The van der Waals surface area contributed by atoms with Crippen LogP contribution in [0, 0.1) is 0 Å². The Kier molecular flexibility index (Phi) is 6.35. The number of hydrogen-bond acceptors (Lipinski definition) is 6. The van der Waals surface area contributed by atoms with Gasteiger partial charge in [-0.15, -0.1) is 0 Å². The summed E-state index contributed by atoms with van der Waals surface area (Å²) in [5, 5.41) is 11.8. The van der Waals surface area contributed by atoms with Crippen LogP contribution in [-0.4, -0.2) is 30.5 Å². The molecule has 170 valence electrons. The Morgan fingerprint density at radius 2 is 1.88 bits per heavy atom. The largest absolute Gasteiger partial charge is 0.507 e. The van der Waals surface area contributed by atoms with Gasteiger partial charge in [0.05, 0.1) is 35.6 Å². The summed E-state index contributed by atoms with van der Waals surface area (Å²) in [5.74, 6) is -1.03. The number of aliphatic hydroxyl groups is 1. The monoisotopic (exact) mass is 487 g/mol. The van der Waals surface area contributed by atoms with Crippen LogP contribution < -0.4 is 14.4 Å². The summed E-state index contributed by atoms with van der Waals surface area (Å²) in [6.07, 6.45) is 1.42. The fourth-order valence-electron chi connectivity index (χ4n) is 3.69. The number of halogens is 2. The van der Waals surface area contributed by atoms with Crippen LogP contribution in [-0.2, 0) is 9.59 Å². The number of rotatable bonds is 6. The zero-order chi connectivity index (χ0) is 23.7. The van der Waals surface area contributed by atoms with Crippen molar-refractivity contribution in [1.82, 2.24) is 0 Å². The van der Waals surface area contributed by atoms with Crippen LogP contribution in [0.15, 0.2) is 64.8 Å². The highest BCUT2D eigenvalue weighted by atomic mass is 35.5. The number of ketones is 1. The minimum atomic E-state index is -1.02. The predicted octanol–water partition coefficient (Wildman–Crippen LogP) is 5.62. The average molecular weight is 488 g/mol. The summed E-state index contributed by atoms with van der Waals surface area (Å²) < 4.78 is 16.2. The van der Waals surface area contributed by atoms with E-state index in [1.165, 1.54) is 36.5 Å². The van der Waals surface area contributed by atoms with Gasteiger partial charge in [-0.1, -0.05) is 23.2 Å². The van der Waals surface area contributed by atoms with Gasteiger partial charge in [-0.3, -0.25) is 14.5 Å². The number of carbonyl (C=O) groups excluding carboxylic acids is 2. The Balaban J connectivity index is 1.89. The van der Waals surface area contributed by atoms with E-state index in [4.69, 9.17) is 37.1 Å². The molecule has 0 aliphatic carbocycles. The molecule has 1 aliphatic heterocycles. The first kappa shape index (κ1) is 22.8. The van der Waals surface area contributed by atoms with E-state index >= 15 is 0 Å². The highest BCUT2D eigenvalue weighted by molar-refractivity contribution is 6.51. The van der Waals surface area contributed by atoms with Crippen LogP contribution in [0.25, 0.3) is 5.76 Å². The number of methoxy groups -OCH3 is 1. The van der Waals surface area contributed by atoms with Crippen molar-refractivity contribution in [3.8, 4) is 11.5 Å². The first-order valence-electron chi connectivity index (χ1n) is 9.98. The van der Waals surface area contributed by atoms with Gasteiger partial charge in [-0.2, -0.15) is 0 Å². The lowest BCUT2D eigenvalue weighted by molar-refractivity contribution is -0.132. The number of benzene rings is 2. The SMILES string of the molecule is CCOc1cc(/C(O)=C2/C(=O)C(=O)N(c3ccc(OC)c(Cl)c3)C2c2ccco2)ccc1Cl. The molecule has 33 heavy (non-hydrogen) atoms. The number of aliphatic hydroxyl groups excluding tert-OH is 1. The molecule has 1 fully saturated rings. The molecule has 1 amide bonds. The Morgan fingerprint density at radius 3 is 2.52 bits per heavy atom. The normalized spacial score (nSPS) is 17.5. The molecule has 1 atom stereocenters. The predicted molar refractivity (Wildman–Crippen MR) is 124 cm³/mol. The molecule has 1 aromatic heterocycles. The summed E-state index contributed by atoms with van der Waals surface area (Å²) in [6.45, 7) is 2.16. The second-order valence-electron chi connectivity index (χ2n) is 7.08. The Labute approximate surface area is 199 Å². The third-order valence-corrected chi connectivity index (χ3v) is 5.78. The smallest absolute Gasteiger partial charge is 0.300 e. The topological polar surface area (TPSA) is 89.2 Å². The first-order chi connectivity index (χ1) is 15.9. The molecule has 2 aromatic carbocycles. The van der Waals surface area contributed by atoms with E-state index < -0.39 is 17.7 Å². The summed E-state index contributed by atoms with van der Waals surface area (Å²) in [4.78, 5) is 27.5. The fourth-order valence-corrected chi connectivity index (χ4v) is 4.12. The third-order valence-electron chi connectivity index (χ3n) is 5.18. The van der Waals surface area contributed by atoms with Crippen molar-refractivity contribution in [2.75, 3.05) is 18.6 Å². The van der Waals surface area contributed by atoms with Crippen molar-refractivity contribution in [2.45, 2.75) is 13.0 Å². The number of amides is 1. The van der Waals surface area contributed by atoms with Gasteiger partial charge < -0.3 is 19.0 Å². The summed E-state index contributed by atoms with van der Waals surface area (Å²) in [5.41, 5.74) is 0.478. The Morgan fingerprint density at radius 1 is 1.09 bits per heavy atom. The van der Waals surface area contributed by atoms with E-state index in [1.54, 1.807) is 37.3 Å². The Bertz CT molecular complexity index is 1250. The van der Waals surface area contributed by atoms with E-state index in [2.05, 4.69) is 0 Å².